The van der Waals surface area contributed by atoms with E-state index in [-0.39, 0.29) is 0 Å². The van der Waals surface area contributed by atoms with E-state index in [0.717, 1.165) is 12.5 Å². The van der Waals surface area contributed by atoms with E-state index in [1.165, 1.54) is 25.9 Å². The Morgan fingerprint density at radius 2 is 2.09 bits per heavy atom. The summed E-state index contributed by atoms with van der Waals surface area (Å²) in [5.74, 6) is 0.899. The van der Waals surface area contributed by atoms with Crippen LogP contribution in [0.4, 0.5) is 0 Å². The summed E-state index contributed by atoms with van der Waals surface area (Å²) in [5.41, 5.74) is 0. The molecule has 1 saturated heterocycles. The molecule has 2 heteroatoms. The molecule has 0 bridgehead atoms. The van der Waals surface area contributed by atoms with E-state index in [1.807, 2.05) is 0 Å². The monoisotopic (exact) mass is 156 g/mol. The summed E-state index contributed by atoms with van der Waals surface area (Å²) in [5, 5.41) is 6.87. The summed E-state index contributed by atoms with van der Waals surface area (Å²) in [6, 6.07) is 0.710. The topological polar surface area (TPSA) is 24.1 Å². The number of hydrogen-bond donors (Lipinski definition) is 2. The minimum absolute atomic E-state index is 0.710. The fourth-order valence-corrected chi connectivity index (χ4v) is 1.83. The van der Waals surface area contributed by atoms with Gasteiger partial charge in [0.2, 0.25) is 0 Å². The molecule has 1 atom stereocenters. The predicted octanol–water partition coefficient (Wildman–Crippen LogP) is 0.984. The van der Waals surface area contributed by atoms with Crippen molar-refractivity contribution in [3.05, 3.63) is 0 Å². The van der Waals surface area contributed by atoms with Crippen LogP contribution >= 0.6 is 0 Å². The van der Waals surface area contributed by atoms with Crippen LogP contribution < -0.4 is 10.6 Å². The molecular weight excluding hydrogens is 136 g/mol. The number of rotatable bonds is 3. The van der Waals surface area contributed by atoms with E-state index in [0.29, 0.717) is 6.04 Å². The smallest absolute Gasteiger partial charge is 0.00678 e. The SMILES string of the molecule is CCN[C@H](C)C1CCNCC1. The minimum atomic E-state index is 0.710. The molecule has 0 aliphatic carbocycles. The van der Waals surface area contributed by atoms with Crippen LogP contribution in [0.15, 0.2) is 0 Å². The van der Waals surface area contributed by atoms with Gasteiger partial charge in [0, 0.05) is 6.04 Å². The van der Waals surface area contributed by atoms with Crippen molar-refractivity contribution in [1.29, 1.82) is 0 Å². The van der Waals surface area contributed by atoms with Crippen LogP contribution in [-0.2, 0) is 0 Å². The van der Waals surface area contributed by atoms with Crippen molar-refractivity contribution < 1.29 is 0 Å². The van der Waals surface area contributed by atoms with E-state index in [4.69, 9.17) is 0 Å². The van der Waals surface area contributed by atoms with Gasteiger partial charge in [-0.1, -0.05) is 6.92 Å². The average molecular weight is 156 g/mol. The van der Waals surface area contributed by atoms with E-state index < -0.39 is 0 Å². The molecule has 2 N–H and O–H groups in total. The highest BCUT2D eigenvalue weighted by Crippen LogP contribution is 2.15. The third kappa shape index (κ3) is 2.80. The Kier molecular flexibility index (Phi) is 3.87. The maximum absolute atomic E-state index is 3.49. The molecule has 1 fully saturated rings. The lowest BCUT2D eigenvalue weighted by atomic mass is 9.91. The molecule has 0 amide bonds. The molecule has 1 rings (SSSR count). The Labute approximate surface area is 69.8 Å². The van der Waals surface area contributed by atoms with Gasteiger partial charge in [-0.15, -0.1) is 0 Å². The quantitative estimate of drug-likeness (QED) is 0.636. The lowest BCUT2D eigenvalue weighted by molar-refractivity contribution is 0.296. The first-order valence-electron chi connectivity index (χ1n) is 4.78. The normalized spacial score (nSPS) is 23.5. The Morgan fingerprint density at radius 3 is 2.64 bits per heavy atom. The van der Waals surface area contributed by atoms with Gasteiger partial charge < -0.3 is 10.6 Å². The van der Waals surface area contributed by atoms with E-state index in [2.05, 4.69) is 24.5 Å². The molecule has 0 radical (unpaired) electrons. The van der Waals surface area contributed by atoms with E-state index >= 15 is 0 Å². The predicted molar refractivity (Wildman–Crippen MR) is 48.7 cm³/mol. The van der Waals surface area contributed by atoms with Crippen molar-refractivity contribution >= 4 is 0 Å². The number of hydrogen-bond acceptors (Lipinski definition) is 2. The van der Waals surface area contributed by atoms with Gasteiger partial charge in [-0.3, -0.25) is 0 Å². The summed E-state index contributed by atoms with van der Waals surface area (Å²) in [7, 11) is 0. The molecular formula is C9H20N2. The van der Waals surface area contributed by atoms with Crippen molar-refractivity contribution in [1.82, 2.24) is 10.6 Å². The second-order valence-electron chi connectivity index (χ2n) is 3.43. The van der Waals surface area contributed by atoms with Crippen molar-refractivity contribution in [2.45, 2.75) is 32.7 Å². The number of nitrogens with one attached hydrogen (secondary N) is 2. The molecule has 0 spiro atoms. The summed E-state index contributed by atoms with van der Waals surface area (Å²) < 4.78 is 0. The zero-order valence-corrected chi connectivity index (χ0v) is 7.69. The standard InChI is InChI=1S/C9H20N2/c1-3-11-8(2)9-4-6-10-7-5-9/h8-11H,3-7H2,1-2H3/t8-/m1/s1. The summed E-state index contributed by atoms with van der Waals surface area (Å²) in [4.78, 5) is 0. The van der Waals surface area contributed by atoms with Gasteiger partial charge in [0.25, 0.3) is 0 Å². The van der Waals surface area contributed by atoms with Crippen LogP contribution in [-0.4, -0.2) is 25.7 Å². The Bertz CT molecular complexity index is 97.7. The molecule has 0 aromatic rings. The Hall–Kier alpha value is -0.0800. The third-order valence-corrected chi connectivity index (χ3v) is 2.62. The minimum Gasteiger partial charge on any atom is -0.317 e. The van der Waals surface area contributed by atoms with E-state index in [9.17, 15) is 0 Å². The third-order valence-electron chi connectivity index (χ3n) is 2.62. The lowest BCUT2D eigenvalue weighted by Gasteiger charge is -2.28. The first-order chi connectivity index (χ1) is 5.34. The second-order valence-corrected chi connectivity index (χ2v) is 3.43. The van der Waals surface area contributed by atoms with Crippen LogP contribution in [0, 0.1) is 5.92 Å². The van der Waals surface area contributed by atoms with Crippen LogP contribution in [0.5, 0.6) is 0 Å². The van der Waals surface area contributed by atoms with Gasteiger partial charge in [0.05, 0.1) is 0 Å². The number of piperidine rings is 1. The summed E-state index contributed by atoms with van der Waals surface area (Å²) in [6.45, 7) is 8.00. The van der Waals surface area contributed by atoms with Gasteiger partial charge in [-0.2, -0.15) is 0 Å². The molecule has 0 aromatic heterocycles. The largest absolute Gasteiger partial charge is 0.317 e. The fourth-order valence-electron chi connectivity index (χ4n) is 1.83. The highest BCUT2D eigenvalue weighted by molar-refractivity contribution is 4.76. The average Bonchev–Trinajstić information content (AvgIpc) is 2.07. The molecule has 2 nitrogen and oxygen atoms in total. The van der Waals surface area contributed by atoms with E-state index in [1.54, 1.807) is 0 Å². The molecule has 1 aliphatic rings. The molecule has 1 heterocycles. The molecule has 11 heavy (non-hydrogen) atoms. The van der Waals surface area contributed by atoms with Gasteiger partial charge in [0.15, 0.2) is 0 Å². The first-order valence-corrected chi connectivity index (χ1v) is 4.78. The van der Waals surface area contributed by atoms with Crippen molar-refractivity contribution in [2.75, 3.05) is 19.6 Å². The molecule has 0 aromatic carbocycles. The molecule has 0 saturated carbocycles. The molecule has 0 unspecified atom stereocenters. The first kappa shape index (κ1) is 9.01. The summed E-state index contributed by atoms with van der Waals surface area (Å²) in [6.07, 6.45) is 2.68. The van der Waals surface area contributed by atoms with Crippen LogP contribution in [0.1, 0.15) is 26.7 Å². The second kappa shape index (κ2) is 4.73. The van der Waals surface area contributed by atoms with Crippen LogP contribution in [0.2, 0.25) is 0 Å². The van der Waals surface area contributed by atoms with Gasteiger partial charge in [-0.25, -0.2) is 0 Å². The zero-order valence-electron chi connectivity index (χ0n) is 7.69. The maximum Gasteiger partial charge on any atom is 0.00678 e. The van der Waals surface area contributed by atoms with Gasteiger partial charge in [0.1, 0.15) is 0 Å². The van der Waals surface area contributed by atoms with Crippen LogP contribution in [0.3, 0.4) is 0 Å². The fraction of sp³-hybridized carbons (Fsp3) is 1.00. The highest BCUT2D eigenvalue weighted by Gasteiger charge is 2.18. The Balaban J connectivity index is 2.21. The molecule has 66 valence electrons. The van der Waals surface area contributed by atoms with Gasteiger partial charge >= 0.3 is 0 Å². The van der Waals surface area contributed by atoms with Crippen molar-refractivity contribution in [3.8, 4) is 0 Å². The highest BCUT2D eigenvalue weighted by atomic mass is 14.9. The zero-order chi connectivity index (χ0) is 8.10. The Morgan fingerprint density at radius 1 is 1.45 bits per heavy atom. The van der Waals surface area contributed by atoms with Crippen molar-refractivity contribution in [3.63, 3.8) is 0 Å². The van der Waals surface area contributed by atoms with Crippen molar-refractivity contribution in [2.24, 2.45) is 5.92 Å². The maximum atomic E-state index is 3.49. The van der Waals surface area contributed by atoms with Gasteiger partial charge in [-0.05, 0) is 45.3 Å². The summed E-state index contributed by atoms with van der Waals surface area (Å²) >= 11 is 0. The molecule has 1 aliphatic heterocycles. The van der Waals surface area contributed by atoms with Crippen LogP contribution in [0.25, 0.3) is 0 Å². The lowest BCUT2D eigenvalue weighted by Crippen LogP contribution is -2.39.